The first-order chi connectivity index (χ1) is 17.6. The molecule has 37 heavy (non-hydrogen) atoms. The quantitative estimate of drug-likeness (QED) is 0.237. The summed E-state index contributed by atoms with van der Waals surface area (Å²) >= 11 is 0. The molecule has 0 aliphatic heterocycles. The minimum Gasteiger partial charge on any atom is -0.462 e. The lowest BCUT2D eigenvalue weighted by Crippen LogP contribution is -2.50. The molecule has 3 fully saturated rings. The lowest BCUT2D eigenvalue weighted by atomic mass is 9.47. The SMILES string of the molecule is CC(=O)O[C@H]1CC[C@@]2(C)C(=CC[C@@H]3[C@@H]2CC[C@]2(C)C(=C(/C#N)C(N)=O)/C(=C/c4ccccc4F)C[C@@H]32)C1. The Balaban J connectivity index is 1.56. The average molecular weight is 503 g/mol. The van der Waals surface area contributed by atoms with Crippen LogP contribution in [-0.4, -0.2) is 18.0 Å². The smallest absolute Gasteiger partial charge is 0.302 e. The summed E-state index contributed by atoms with van der Waals surface area (Å²) in [6.45, 7) is 6.01. The van der Waals surface area contributed by atoms with E-state index in [9.17, 15) is 19.2 Å². The highest BCUT2D eigenvalue weighted by Crippen LogP contribution is 2.67. The van der Waals surface area contributed by atoms with Gasteiger partial charge in [-0.2, -0.15) is 5.26 Å². The molecule has 2 N–H and O–H groups in total. The Hall–Kier alpha value is -3.20. The Bertz CT molecular complexity index is 1290. The van der Waals surface area contributed by atoms with Crippen molar-refractivity contribution in [1.29, 1.82) is 5.26 Å². The average Bonchev–Trinajstić information content (AvgIpc) is 3.13. The summed E-state index contributed by atoms with van der Waals surface area (Å²) in [6, 6.07) is 8.69. The fraction of sp³-hybridized carbons (Fsp3) is 0.516. The number of nitriles is 1. The van der Waals surface area contributed by atoms with E-state index in [1.165, 1.54) is 18.6 Å². The summed E-state index contributed by atoms with van der Waals surface area (Å²) < 4.78 is 20.2. The molecule has 194 valence electrons. The van der Waals surface area contributed by atoms with Crippen molar-refractivity contribution in [2.45, 2.75) is 71.8 Å². The molecular formula is C31H35FN2O3. The zero-order chi connectivity index (χ0) is 26.5. The van der Waals surface area contributed by atoms with E-state index in [-0.39, 0.29) is 40.2 Å². The second-order valence-electron chi connectivity index (χ2n) is 11.8. The van der Waals surface area contributed by atoms with E-state index in [0.717, 1.165) is 44.1 Å². The van der Waals surface area contributed by atoms with Crippen LogP contribution in [-0.2, 0) is 14.3 Å². The monoisotopic (exact) mass is 502 g/mol. The van der Waals surface area contributed by atoms with Crippen molar-refractivity contribution < 1.29 is 18.7 Å². The van der Waals surface area contributed by atoms with Gasteiger partial charge in [0.2, 0.25) is 0 Å². The van der Waals surface area contributed by atoms with Gasteiger partial charge in [-0.1, -0.05) is 43.7 Å². The lowest BCUT2D eigenvalue weighted by molar-refractivity contribution is -0.148. The van der Waals surface area contributed by atoms with E-state index in [4.69, 9.17) is 10.5 Å². The summed E-state index contributed by atoms with van der Waals surface area (Å²) in [4.78, 5) is 24.0. The van der Waals surface area contributed by atoms with E-state index in [0.29, 0.717) is 29.4 Å². The molecule has 0 bridgehead atoms. The zero-order valence-corrected chi connectivity index (χ0v) is 21.9. The summed E-state index contributed by atoms with van der Waals surface area (Å²) in [5.41, 5.74) is 8.82. The molecule has 0 unspecified atom stereocenters. The number of hydrogen-bond donors (Lipinski definition) is 1. The molecule has 1 aromatic carbocycles. The first-order valence-corrected chi connectivity index (χ1v) is 13.4. The number of amides is 1. The van der Waals surface area contributed by atoms with Gasteiger partial charge in [-0.15, -0.1) is 0 Å². The van der Waals surface area contributed by atoms with Crippen LogP contribution in [0.3, 0.4) is 0 Å². The van der Waals surface area contributed by atoms with Gasteiger partial charge in [0, 0.05) is 18.9 Å². The minimum atomic E-state index is -0.720. The Morgan fingerprint density at radius 1 is 1.14 bits per heavy atom. The Kier molecular flexibility index (Phi) is 6.38. The van der Waals surface area contributed by atoms with Crippen molar-refractivity contribution in [2.75, 3.05) is 0 Å². The number of fused-ring (bicyclic) bond motifs is 5. The van der Waals surface area contributed by atoms with Gasteiger partial charge in [0.05, 0.1) is 0 Å². The van der Waals surface area contributed by atoms with Crippen molar-refractivity contribution in [2.24, 2.45) is 34.3 Å². The van der Waals surface area contributed by atoms with Crippen molar-refractivity contribution in [3.63, 3.8) is 0 Å². The van der Waals surface area contributed by atoms with Gasteiger partial charge < -0.3 is 10.5 Å². The van der Waals surface area contributed by atoms with Gasteiger partial charge in [0.25, 0.3) is 5.91 Å². The highest BCUT2D eigenvalue weighted by atomic mass is 19.1. The molecule has 1 aromatic rings. The number of esters is 1. The van der Waals surface area contributed by atoms with Gasteiger partial charge in [-0.05, 0) is 90.4 Å². The predicted octanol–water partition coefficient (Wildman–Crippen LogP) is 6.02. The maximum atomic E-state index is 14.6. The topological polar surface area (TPSA) is 93.2 Å². The van der Waals surface area contributed by atoms with Crippen LogP contribution in [0.25, 0.3) is 6.08 Å². The van der Waals surface area contributed by atoms with Crippen molar-refractivity contribution in [3.05, 3.63) is 64.0 Å². The third kappa shape index (κ3) is 4.13. The fourth-order valence-corrected chi connectivity index (χ4v) is 8.27. The summed E-state index contributed by atoms with van der Waals surface area (Å²) in [6.07, 6.45) is 10.2. The number of ether oxygens (including phenoxy) is 1. The maximum absolute atomic E-state index is 14.6. The van der Waals surface area contributed by atoms with Crippen LogP contribution >= 0.6 is 0 Å². The highest BCUT2D eigenvalue weighted by molar-refractivity contribution is 5.98. The molecule has 0 radical (unpaired) electrons. The molecule has 0 spiro atoms. The number of nitrogens with zero attached hydrogens (tertiary/aromatic N) is 1. The van der Waals surface area contributed by atoms with Crippen LogP contribution in [0.15, 0.2) is 52.6 Å². The molecule has 0 heterocycles. The fourth-order valence-electron chi connectivity index (χ4n) is 8.27. The van der Waals surface area contributed by atoms with Gasteiger partial charge in [-0.3, -0.25) is 9.59 Å². The van der Waals surface area contributed by atoms with Gasteiger partial charge >= 0.3 is 5.97 Å². The number of hydrogen-bond acceptors (Lipinski definition) is 4. The summed E-state index contributed by atoms with van der Waals surface area (Å²) in [7, 11) is 0. The Morgan fingerprint density at radius 3 is 2.54 bits per heavy atom. The lowest BCUT2D eigenvalue weighted by Gasteiger charge is -2.57. The summed E-state index contributed by atoms with van der Waals surface area (Å²) in [5.74, 6) is -0.194. The predicted molar refractivity (Wildman–Crippen MR) is 139 cm³/mol. The molecule has 0 saturated heterocycles. The molecule has 4 aliphatic rings. The van der Waals surface area contributed by atoms with E-state index < -0.39 is 5.91 Å². The minimum absolute atomic E-state index is 0.00572. The highest BCUT2D eigenvalue weighted by Gasteiger charge is 2.59. The van der Waals surface area contributed by atoms with Gasteiger partial charge in [0.15, 0.2) is 0 Å². The second-order valence-corrected chi connectivity index (χ2v) is 11.8. The molecule has 5 rings (SSSR count). The van der Waals surface area contributed by atoms with Crippen LogP contribution in [0, 0.1) is 45.7 Å². The maximum Gasteiger partial charge on any atom is 0.302 e. The Morgan fingerprint density at radius 2 is 1.86 bits per heavy atom. The van der Waals surface area contributed by atoms with Crippen molar-refractivity contribution in [1.82, 2.24) is 0 Å². The largest absolute Gasteiger partial charge is 0.462 e. The number of primary amides is 1. The third-order valence-corrected chi connectivity index (χ3v) is 9.96. The molecular weight excluding hydrogens is 467 g/mol. The van der Waals surface area contributed by atoms with Crippen molar-refractivity contribution in [3.8, 4) is 6.07 Å². The number of carbonyl (C=O) groups is 2. The molecule has 5 nitrogen and oxygen atoms in total. The summed E-state index contributed by atoms with van der Waals surface area (Å²) in [5, 5.41) is 9.96. The van der Waals surface area contributed by atoms with Gasteiger partial charge in [0.1, 0.15) is 23.6 Å². The van der Waals surface area contributed by atoms with Crippen LogP contribution in [0.4, 0.5) is 4.39 Å². The van der Waals surface area contributed by atoms with Crippen LogP contribution in [0.2, 0.25) is 0 Å². The number of rotatable bonds is 3. The number of halogens is 1. The van der Waals surface area contributed by atoms with E-state index in [1.54, 1.807) is 18.2 Å². The van der Waals surface area contributed by atoms with E-state index in [1.807, 2.05) is 6.08 Å². The number of carbonyl (C=O) groups excluding carboxylic acids is 2. The first kappa shape index (κ1) is 25.4. The van der Waals surface area contributed by atoms with Crippen LogP contribution in [0.1, 0.15) is 71.3 Å². The molecule has 0 aromatic heterocycles. The standard InChI is InChI=1S/C31H35FN2O3/c1-18(35)37-22-10-12-30(2)21(16-22)8-9-23-25(30)11-13-31(3)26(23)15-20(28(31)24(17-33)29(34)36)14-19-6-4-5-7-27(19)32/h4-8,14,22-23,25-26H,9-13,15-16H2,1-3H3,(H2,34,36)/b20-14+,28-24-/t22-,23+,25-,26-,30-,31-/m0/s1. The first-order valence-electron chi connectivity index (χ1n) is 13.4. The molecule has 4 aliphatic carbocycles. The van der Waals surface area contributed by atoms with Crippen molar-refractivity contribution >= 4 is 18.0 Å². The molecule has 6 heteroatoms. The number of allylic oxidation sites excluding steroid dienone is 3. The van der Waals surface area contributed by atoms with Crippen LogP contribution in [0.5, 0.6) is 0 Å². The normalized spacial score (nSPS) is 36.9. The van der Waals surface area contributed by atoms with Crippen LogP contribution < -0.4 is 5.73 Å². The number of nitrogens with two attached hydrogens (primary N) is 1. The number of benzene rings is 1. The van der Waals surface area contributed by atoms with Gasteiger partial charge in [-0.25, -0.2) is 4.39 Å². The molecule has 6 atom stereocenters. The Labute approximate surface area is 218 Å². The third-order valence-electron chi connectivity index (χ3n) is 9.96. The van der Waals surface area contributed by atoms with E-state index in [2.05, 4.69) is 26.0 Å². The molecule has 3 saturated carbocycles. The van der Waals surface area contributed by atoms with E-state index >= 15 is 0 Å². The zero-order valence-electron chi connectivity index (χ0n) is 21.9. The second kappa shape index (κ2) is 9.28. The molecule has 1 amide bonds.